The summed E-state index contributed by atoms with van der Waals surface area (Å²) < 4.78 is 1.03. The van der Waals surface area contributed by atoms with Gasteiger partial charge in [-0.2, -0.15) is 0 Å². The van der Waals surface area contributed by atoms with Crippen LogP contribution in [0.25, 0.3) is 10.9 Å². The molecule has 3 rings (SSSR count). The lowest BCUT2D eigenvalue weighted by Crippen LogP contribution is -2.45. The fourth-order valence-electron chi connectivity index (χ4n) is 3.02. The summed E-state index contributed by atoms with van der Waals surface area (Å²) in [7, 11) is 0. The van der Waals surface area contributed by atoms with E-state index in [9.17, 15) is 0 Å². The maximum atomic E-state index is 4.62. The Morgan fingerprint density at radius 1 is 1.45 bits per heavy atom. The van der Waals surface area contributed by atoms with Gasteiger partial charge < -0.3 is 10.2 Å². The zero-order valence-corrected chi connectivity index (χ0v) is 13.4. The summed E-state index contributed by atoms with van der Waals surface area (Å²) in [4.78, 5) is 7.09. The molecule has 0 amide bonds. The van der Waals surface area contributed by atoms with Gasteiger partial charge in [-0.25, -0.2) is 0 Å². The molecule has 3 nitrogen and oxygen atoms in total. The molecule has 106 valence electrons. The quantitative estimate of drug-likeness (QED) is 0.930. The number of likely N-dealkylation sites (N-methyl/N-ethyl adjacent to an activating group) is 1. The normalized spacial score (nSPS) is 19.5. The lowest BCUT2D eigenvalue weighted by molar-refractivity contribution is 0.432. The standard InChI is InChI=1S/C16H20BrN3/c1-2-18-14-6-4-8-20(11-14)15-7-3-5-12-9-13(17)10-19-16(12)15/h3,5,7,9-10,14,18H,2,4,6,8,11H2,1H3. The first kappa shape index (κ1) is 13.8. The third-order valence-corrected chi connectivity index (χ3v) is 4.34. The molecule has 1 atom stereocenters. The molecule has 0 aliphatic carbocycles. The van der Waals surface area contributed by atoms with Crippen molar-refractivity contribution in [1.29, 1.82) is 0 Å². The van der Waals surface area contributed by atoms with Crippen molar-refractivity contribution in [2.24, 2.45) is 0 Å². The van der Waals surface area contributed by atoms with E-state index in [1.165, 1.54) is 23.9 Å². The Bertz CT molecular complexity index is 597. The lowest BCUT2D eigenvalue weighted by atomic mass is 10.0. The van der Waals surface area contributed by atoms with Crippen molar-refractivity contribution in [1.82, 2.24) is 10.3 Å². The molecule has 4 heteroatoms. The van der Waals surface area contributed by atoms with Crippen molar-refractivity contribution >= 4 is 32.5 Å². The number of halogens is 1. The molecule has 1 saturated heterocycles. The van der Waals surface area contributed by atoms with E-state index in [2.05, 4.69) is 62.3 Å². The minimum atomic E-state index is 0.597. The van der Waals surface area contributed by atoms with Gasteiger partial charge in [0.05, 0.1) is 11.2 Å². The van der Waals surface area contributed by atoms with E-state index in [4.69, 9.17) is 0 Å². The van der Waals surface area contributed by atoms with Crippen LogP contribution in [0, 0.1) is 0 Å². The summed E-state index contributed by atoms with van der Waals surface area (Å²) in [5, 5.41) is 4.77. The summed E-state index contributed by atoms with van der Waals surface area (Å²) in [6.45, 7) is 5.42. The minimum Gasteiger partial charge on any atom is -0.368 e. The number of nitrogens with one attached hydrogen (secondary N) is 1. The monoisotopic (exact) mass is 333 g/mol. The first-order valence-corrected chi connectivity index (χ1v) is 8.10. The second kappa shape index (κ2) is 6.10. The maximum Gasteiger partial charge on any atom is 0.0936 e. The predicted octanol–water partition coefficient (Wildman–Crippen LogP) is 3.58. The van der Waals surface area contributed by atoms with Gasteiger partial charge in [-0.05, 0) is 47.4 Å². The van der Waals surface area contributed by atoms with Crippen LogP contribution in [0.4, 0.5) is 5.69 Å². The number of fused-ring (bicyclic) bond motifs is 1. The number of hydrogen-bond acceptors (Lipinski definition) is 3. The van der Waals surface area contributed by atoms with Gasteiger partial charge in [0.15, 0.2) is 0 Å². The molecule has 1 N–H and O–H groups in total. The van der Waals surface area contributed by atoms with E-state index in [0.29, 0.717) is 6.04 Å². The highest BCUT2D eigenvalue weighted by atomic mass is 79.9. The second-order valence-corrected chi connectivity index (χ2v) is 6.26. The van der Waals surface area contributed by atoms with Crippen molar-refractivity contribution in [2.45, 2.75) is 25.8 Å². The van der Waals surface area contributed by atoms with Gasteiger partial charge in [0.25, 0.3) is 0 Å². The number of para-hydroxylation sites is 1. The van der Waals surface area contributed by atoms with Gasteiger partial charge in [0, 0.05) is 35.2 Å². The third-order valence-electron chi connectivity index (χ3n) is 3.91. The summed E-state index contributed by atoms with van der Waals surface area (Å²) >= 11 is 3.50. The third kappa shape index (κ3) is 2.81. The van der Waals surface area contributed by atoms with Crippen LogP contribution in [0.1, 0.15) is 19.8 Å². The molecule has 1 unspecified atom stereocenters. The number of piperidine rings is 1. The number of anilines is 1. The largest absolute Gasteiger partial charge is 0.368 e. The van der Waals surface area contributed by atoms with Gasteiger partial charge in [0.2, 0.25) is 0 Å². The van der Waals surface area contributed by atoms with Gasteiger partial charge in [0.1, 0.15) is 0 Å². The summed E-state index contributed by atoms with van der Waals surface area (Å²) in [5.74, 6) is 0. The molecule has 0 saturated carbocycles. The van der Waals surface area contributed by atoms with E-state index in [-0.39, 0.29) is 0 Å². The van der Waals surface area contributed by atoms with Crippen LogP contribution < -0.4 is 10.2 Å². The zero-order valence-electron chi connectivity index (χ0n) is 11.8. The van der Waals surface area contributed by atoms with Crippen molar-refractivity contribution in [3.63, 3.8) is 0 Å². The average molecular weight is 334 g/mol. The number of pyridine rings is 1. The van der Waals surface area contributed by atoms with Gasteiger partial charge >= 0.3 is 0 Å². The van der Waals surface area contributed by atoms with Crippen molar-refractivity contribution in [2.75, 3.05) is 24.5 Å². The zero-order chi connectivity index (χ0) is 13.9. The van der Waals surface area contributed by atoms with Crippen LogP contribution >= 0.6 is 15.9 Å². The molecule has 1 fully saturated rings. The van der Waals surface area contributed by atoms with Crippen molar-refractivity contribution in [3.8, 4) is 0 Å². The molecule has 20 heavy (non-hydrogen) atoms. The van der Waals surface area contributed by atoms with Gasteiger partial charge in [-0.1, -0.05) is 19.1 Å². The fraction of sp³-hybridized carbons (Fsp3) is 0.438. The number of aromatic nitrogens is 1. The molecule has 1 aliphatic rings. The Morgan fingerprint density at radius 3 is 3.20 bits per heavy atom. The summed E-state index contributed by atoms with van der Waals surface area (Å²) in [6.07, 6.45) is 4.40. The highest BCUT2D eigenvalue weighted by Crippen LogP contribution is 2.28. The lowest BCUT2D eigenvalue weighted by Gasteiger charge is -2.35. The van der Waals surface area contributed by atoms with Crippen LogP contribution in [0.15, 0.2) is 34.9 Å². The highest BCUT2D eigenvalue weighted by molar-refractivity contribution is 9.10. The van der Waals surface area contributed by atoms with Crippen molar-refractivity contribution in [3.05, 3.63) is 34.9 Å². The first-order valence-electron chi connectivity index (χ1n) is 7.30. The Hall–Kier alpha value is -1.13. The Balaban J connectivity index is 1.93. The van der Waals surface area contributed by atoms with Crippen LogP contribution in [0.5, 0.6) is 0 Å². The van der Waals surface area contributed by atoms with Gasteiger partial charge in [-0.15, -0.1) is 0 Å². The van der Waals surface area contributed by atoms with Crippen LogP contribution in [-0.2, 0) is 0 Å². The van der Waals surface area contributed by atoms with E-state index < -0.39 is 0 Å². The predicted molar refractivity (Wildman–Crippen MR) is 88.4 cm³/mol. The number of benzene rings is 1. The molecule has 2 heterocycles. The molecule has 0 bridgehead atoms. The van der Waals surface area contributed by atoms with Crippen LogP contribution in [0.2, 0.25) is 0 Å². The fourth-order valence-corrected chi connectivity index (χ4v) is 3.37. The number of rotatable bonds is 3. The Labute approximate surface area is 128 Å². The van der Waals surface area contributed by atoms with Gasteiger partial charge in [-0.3, -0.25) is 4.98 Å². The molecule has 0 radical (unpaired) electrons. The minimum absolute atomic E-state index is 0.597. The second-order valence-electron chi connectivity index (χ2n) is 5.35. The highest BCUT2D eigenvalue weighted by Gasteiger charge is 2.20. The Kier molecular flexibility index (Phi) is 4.22. The SMILES string of the molecule is CCNC1CCCN(c2cccc3cc(Br)cnc23)C1. The van der Waals surface area contributed by atoms with Crippen LogP contribution in [-0.4, -0.2) is 30.7 Å². The summed E-state index contributed by atoms with van der Waals surface area (Å²) in [6, 6.07) is 9.18. The number of hydrogen-bond donors (Lipinski definition) is 1. The smallest absolute Gasteiger partial charge is 0.0936 e. The summed E-state index contributed by atoms with van der Waals surface area (Å²) in [5.41, 5.74) is 2.37. The molecule has 1 aliphatic heterocycles. The average Bonchev–Trinajstić information content (AvgIpc) is 2.47. The topological polar surface area (TPSA) is 28.2 Å². The molecular formula is C16H20BrN3. The van der Waals surface area contributed by atoms with Crippen LogP contribution in [0.3, 0.4) is 0 Å². The number of nitrogens with zero attached hydrogens (tertiary/aromatic N) is 2. The maximum absolute atomic E-state index is 4.62. The van der Waals surface area contributed by atoms with E-state index in [1.54, 1.807) is 0 Å². The Morgan fingerprint density at radius 2 is 2.35 bits per heavy atom. The van der Waals surface area contributed by atoms with Crippen molar-refractivity contribution < 1.29 is 0 Å². The molecule has 1 aromatic heterocycles. The van der Waals surface area contributed by atoms with E-state index >= 15 is 0 Å². The molecule has 0 spiro atoms. The molecule has 1 aromatic carbocycles. The van der Waals surface area contributed by atoms with E-state index in [1.807, 2.05) is 6.20 Å². The first-order chi connectivity index (χ1) is 9.78. The molecule has 2 aromatic rings. The van der Waals surface area contributed by atoms with E-state index in [0.717, 1.165) is 29.6 Å². The molecular weight excluding hydrogens is 314 g/mol.